The summed E-state index contributed by atoms with van der Waals surface area (Å²) in [6.07, 6.45) is -6.74. The maximum Gasteiger partial charge on any atom is 0.481 e. The summed E-state index contributed by atoms with van der Waals surface area (Å²) < 4.78 is 61.7. The van der Waals surface area contributed by atoms with Crippen LogP contribution < -0.4 is 16.4 Å². The molecule has 1 fully saturated rings. The molecule has 2 aromatic rings. The lowest BCUT2D eigenvalue weighted by Crippen LogP contribution is -2.46. The molecule has 0 bridgehead atoms. The van der Waals surface area contributed by atoms with E-state index >= 15 is 0 Å². The zero-order valence-corrected chi connectivity index (χ0v) is 33.8. The molecule has 3 heterocycles. The number of imidazole rings is 1. The van der Waals surface area contributed by atoms with Crippen LogP contribution in [-0.2, 0) is 45.9 Å². The first kappa shape index (κ1) is 47.7. The van der Waals surface area contributed by atoms with Crippen molar-refractivity contribution in [2.24, 2.45) is 5.41 Å². The Morgan fingerprint density at radius 3 is 2.28 bits per heavy atom. The number of nitrogen functional groups attached to an aromatic ring is 1. The zero-order valence-electron chi connectivity index (χ0n) is 28.4. The van der Waals surface area contributed by atoms with Gasteiger partial charge < -0.3 is 50.9 Å². The Labute approximate surface area is 319 Å². The number of nitrogens with one attached hydrogen (secondary N) is 2. The zero-order chi connectivity index (χ0) is 40.4. The number of aliphatic hydroxyl groups is 2. The van der Waals surface area contributed by atoms with Crippen molar-refractivity contribution in [1.29, 1.82) is 0 Å². The molecule has 0 aromatic carbocycles. The SMILES string of the molecule is CC(C)(COP(=O)(O)OP(=O)(O)OC[C@H]1O[C@@H](n2cnc3c(N)ncnc32)[C@H](O)[C@@H]1OP(=O)(O)O)[C@@H](O)C(=O)NCCC(=O)NCCS.CC(S)CS. The fourth-order valence-corrected chi connectivity index (χ4v) is 7.08. The van der Waals surface area contributed by atoms with E-state index in [1.807, 2.05) is 6.92 Å². The number of phosphoric ester groups is 3. The Hall–Kier alpha value is -1.41. The molecule has 2 aromatic heterocycles. The molecule has 53 heavy (non-hydrogen) atoms. The van der Waals surface area contributed by atoms with E-state index in [2.05, 4.69) is 72.3 Å². The third-order valence-corrected chi connectivity index (χ3v) is 11.1. The second-order valence-corrected chi connectivity index (χ2v) is 17.8. The Balaban J connectivity index is 0.00000181. The number of ether oxygens (including phenoxy) is 1. The van der Waals surface area contributed by atoms with Crippen LogP contribution in [0, 0.1) is 5.41 Å². The quantitative estimate of drug-likeness (QED) is 0.0629. The van der Waals surface area contributed by atoms with E-state index in [1.54, 1.807) is 0 Å². The number of aromatic nitrogens is 4. The number of hydrogen-bond acceptors (Lipinski definition) is 19. The molecular formula is C24H44N7O16P3S3. The number of nitrogens with zero attached hydrogens (tertiary/aromatic N) is 4. The number of hydrogen-bond donors (Lipinski definition) is 12. The molecule has 2 amide bonds. The maximum atomic E-state index is 12.6. The molecule has 10 N–H and O–H groups in total. The summed E-state index contributed by atoms with van der Waals surface area (Å²) in [5, 5.41) is 26.5. The first-order valence-electron chi connectivity index (χ1n) is 15.2. The summed E-state index contributed by atoms with van der Waals surface area (Å²) in [4.78, 5) is 74.6. The molecule has 1 aliphatic rings. The minimum atomic E-state index is -5.54. The predicted molar refractivity (Wildman–Crippen MR) is 196 cm³/mol. The number of amides is 2. The van der Waals surface area contributed by atoms with Gasteiger partial charge in [0.15, 0.2) is 17.7 Å². The summed E-state index contributed by atoms with van der Waals surface area (Å²) in [5.41, 5.74) is 4.30. The summed E-state index contributed by atoms with van der Waals surface area (Å²) in [7, 11) is -16.3. The van der Waals surface area contributed by atoms with Gasteiger partial charge in [-0.05, 0) is 0 Å². The van der Waals surface area contributed by atoms with Gasteiger partial charge in [-0.2, -0.15) is 42.2 Å². The average molecular weight is 876 g/mol. The van der Waals surface area contributed by atoms with Crippen LogP contribution in [0.25, 0.3) is 11.2 Å². The normalized spacial score (nSPS) is 22.6. The fraction of sp³-hybridized carbons (Fsp3) is 0.708. The van der Waals surface area contributed by atoms with Gasteiger partial charge in [-0.15, -0.1) is 0 Å². The first-order valence-corrected chi connectivity index (χ1v) is 21.5. The molecule has 0 aliphatic carbocycles. The largest absolute Gasteiger partial charge is 0.481 e. The average Bonchev–Trinajstić information content (AvgIpc) is 3.61. The van der Waals surface area contributed by atoms with Crippen molar-refractivity contribution in [1.82, 2.24) is 30.2 Å². The molecule has 1 saturated heterocycles. The minimum absolute atomic E-state index is 0.0363. The van der Waals surface area contributed by atoms with E-state index in [0.29, 0.717) is 17.5 Å². The molecule has 0 radical (unpaired) electrons. The molecule has 0 spiro atoms. The van der Waals surface area contributed by atoms with Crippen molar-refractivity contribution in [3.8, 4) is 0 Å². The number of fused-ring (bicyclic) bond motifs is 1. The van der Waals surface area contributed by atoms with Crippen LogP contribution in [0.2, 0.25) is 0 Å². The molecule has 29 heteroatoms. The van der Waals surface area contributed by atoms with E-state index in [1.165, 1.54) is 13.8 Å². The van der Waals surface area contributed by atoms with Crippen LogP contribution in [0.1, 0.15) is 33.4 Å². The molecule has 3 unspecified atom stereocenters. The number of phosphoric acid groups is 3. The maximum absolute atomic E-state index is 12.6. The van der Waals surface area contributed by atoms with Gasteiger partial charge in [0.2, 0.25) is 11.8 Å². The van der Waals surface area contributed by atoms with Crippen molar-refractivity contribution < 1.29 is 75.7 Å². The Bertz CT molecular complexity index is 1670. The van der Waals surface area contributed by atoms with E-state index in [9.17, 15) is 53.1 Å². The number of anilines is 1. The number of carbonyl (C=O) groups is 2. The van der Waals surface area contributed by atoms with Crippen LogP contribution in [0.4, 0.5) is 5.82 Å². The van der Waals surface area contributed by atoms with E-state index < -0.39 is 78.6 Å². The highest BCUT2D eigenvalue weighted by Crippen LogP contribution is 2.61. The fourth-order valence-electron chi connectivity index (χ4n) is 4.14. The highest BCUT2D eigenvalue weighted by atomic mass is 32.1. The third-order valence-electron chi connectivity index (χ3n) is 6.78. The molecular weight excluding hydrogens is 831 g/mol. The lowest BCUT2D eigenvalue weighted by atomic mass is 9.87. The van der Waals surface area contributed by atoms with Gasteiger partial charge in [-0.1, -0.05) is 20.8 Å². The van der Waals surface area contributed by atoms with Crippen LogP contribution >= 0.6 is 61.4 Å². The third kappa shape index (κ3) is 15.6. The van der Waals surface area contributed by atoms with Crippen molar-refractivity contribution >= 4 is 90.2 Å². The second kappa shape index (κ2) is 20.7. The number of carbonyl (C=O) groups excluding carboxylic acids is 2. The molecule has 304 valence electrons. The van der Waals surface area contributed by atoms with Gasteiger partial charge >= 0.3 is 23.5 Å². The van der Waals surface area contributed by atoms with Crippen molar-refractivity contribution in [3.05, 3.63) is 12.7 Å². The Morgan fingerprint density at radius 2 is 1.70 bits per heavy atom. The number of thiol groups is 3. The lowest BCUT2D eigenvalue weighted by Gasteiger charge is -2.30. The highest BCUT2D eigenvalue weighted by Gasteiger charge is 2.50. The van der Waals surface area contributed by atoms with Gasteiger partial charge in [0.25, 0.3) is 0 Å². The van der Waals surface area contributed by atoms with Gasteiger partial charge in [0, 0.05) is 41.7 Å². The van der Waals surface area contributed by atoms with Crippen molar-refractivity contribution in [2.75, 3.05) is 43.5 Å². The van der Waals surface area contributed by atoms with E-state index in [4.69, 9.17) is 19.5 Å². The second-order valence-electron chi connectivity index (χ2n) is 11.8. The Kier molecular flexibility index (Phi) is 18.6. The van der Waals surface area contributed by atoms with Gasteiger partial charge in [0.05, 0.1) is 19.5 Å². The molecule has 8 atom stereocenters. The van der Waals surface area contributed by atoms with Crippen LogP contribution in [-0.4, -0.2) is 129 Å². The summed E-state index contributed by atoms with van der Waals surface area (Å²) in [6.45, 7) is 2.73. The molecule has 0 saturated carbocycles. The topological polar surface area (TPSA) is 347 Å². The van der Waals surface area contributed by atoms with Crippen molar-refractivity contribution in [3.63, 3.8) is 0 Å². The Morgan fingerprint density at radius 1 is 1.08 bits per heavy atom. The minimum Gasteiger partial charge on any atom is -0.386 e. The van der Waals surface area contributed by atoms with Gasteiger partial charge in [-0.25, -0.2) is 28.6 Å². The highest BCUT2D eigenvalue weighted by molar-refractivity contribution is 7.84. The number of nitrogens with two attached hydrogens (primary N) is 1. The lowest BCUT2D eigenvalue weighted by molar-refractivity contribution is -0.137. The van der Waals surface area contributed by atoms with E-state index in [0.717, 1.165) is 23.0 Å². The molecule has 3 rings (SSSR count). The standard InChI is InChI=1S/C21H36N7O16P3S.C3H8S2/c1-21(2,16(31)19(32)24-4-3-12(29)23-5-6-48)8-41-47(38,39)44-46(36,37)40-7-11-15(43-45(33,34)35)14(30)20(42-11)28-10-27-13-17(22)25-9-26-18(13)28;1-3(5)2-4/h9-11,14-16,20,30-31,48H,3-8H2,1-2H3,(H,23,29)(H,24,32)(H,36,37)(H,38,39)(H2,22,25,26)(H2,33,34,35);3-5H,2H2,1H3/t11-,14-,15-,16+,20-;/m1./s1. The molecule has 23 nitrogen and oxygen atoms in total. The summed E-state index contributed by atoms with van der Waals surface area (Å²) in [5.74, 6) is -0.0791. The van der Waals surface area contributed by atoms with Crippen LogP contribution in [0.3, 0.4) is 0 Å². The van der Waals surface area contributed by atoms with Gasteiger partial charge in [-0.3, -0.25) is 27.7 Å². The monoisotopic (exact) mass is 875 g/mol. The van der Waals surface area contributed by atoms with E-state index in [-0.39, 0.29) is 35.9 Å². The van der Waals surface area contributed by atoms with Crippen molar-refractivity contribution in [2.45, 2.75) is 63.1 Å². The molecule has 1 aliphatic heterocycles. The summed E-state index contributed by atoms with van der Waals surface area (Å²) in [6, 6.07) is 0. The number of aliphatic hydroxyl groups excluding tert-OH is 2. The smallest absolute Gasteiger partial charge is 0.386 e. The predicted octanol–water partition coefficient (Wildman–Crippen LogP) is -0.431. The first-order chi connectivity index (χ1) is 24.4. The number of rotatable bonds is 19. The summed E-state index contributed by atoms with van der Waals surface area (Å²) >= 11 is 11.9. The van der Waals surface area contributed by atoms with Crippen LogP contribution in [0.5, 0.6) is 0 Å². The van der Waals surface area contributed by atoms with Gasteiger partial charge in [0.1, 0.15) is 36.3 Å². The van der Waals surface area contributed by atoms with Crippen LogP contribution in [0.15, 0.2) is 12.7 Å².